The highest BCUT2D eigenvalue weighted by molar-refractivity contribution is 7.89. The molecule has 0 bridgehead atoms. The minimum atomic E-state index is -3.77. The molecule has 2 N–H and O–H groups in total. The second-order valence-electron chi connectivity index (χ2n) is 6.02. The van der Waals surface area contributed by atoms with Gasteiger partial charge < -0.3 is 15.2 Å². The molecule has 1 atom stereocenters. The van der Waals surface area contributed by atoms with E-state index in [1.807, 2.05) is 0 Å². The Kier molecular flexibility index (Phi) is 7.58. The summed E-state index contributed by atoms with van der Waals surface area (Å²) in [6, 6.07) is 6.64. The van der Waals surface area contributed by atoms with E-state index >= 15 is 0 Å². The fourth-order valence-corrected chi connectivity index (χ4v) is 4.08. The minimum Gasteiger partial charge on any atom is -0.497 e. The Morgan fingerprint density at radius 1 is 1.27 bits per heavy atom. The third kappa shape index (κ3) is 5.70. The van der Waals surface area contributed by atoms with Crippen LogP contribution in [0.5, 0.6) is 5.75 Å². The topological polar surface area (TPSA) is 113 Å². The van der Waals surface area contributed by atoms with Gasteiger partial charge in [0.2, 0.25) is 15.9 Å². The SMILES string of the molecule is CCN(CC)S(=O)(=O)CC(=O)NC(C)(CC(=O)O)c1cccc(OC)c1. The van der Waals surface area contributed by atoms with Gasteiger partial charge in [0, 0.05) is 13.1 Å². The zero-order valence-corrected chi connectivity index (χ0v) is 16.3. The number of rotatable bonds is 10. The maximum Gasteiger partial charge on any atom is 0.306 e. The number of methoxy groups -OCH3 is 1. The predicted octanol–water partition coefficient (Wildman–Crippen LogP) is 1.17. The molecule has 1 aromatic rings. The fraction of sp³-hybridized carbons (Fsp3) is 0.529. The van der Waals surface area contributed by atoms with Crippen LogP contribution < -0.4 is 10.1 Å². The van der Waals surface area contributed by atoms with Gasteiger partial charge in [0.05, 0.1) is 19.1 Å². The number of nitrogens with zero attached hydrogens (tertiary/aromatic N) is 1. The number of carbonyl (C=O) groups excluding carboxylic acids is 1. The van der Waals surface area contributed by atoms with E-state index < -0.39 is 39.6 Å². The van der Waals surface area contributed by atoms with Crippen molar-refractivity contribution in [2.24, 2.45) is 0 Å². The number of sulfonamides is 1. The average molecular weight is 386 g/mol. The van der Waals surface area contributed by atoms with Crippen LogP contribution in [0.3, 0.4) is 0 Å². The first-order valence-corrected chi connectivity index (χ1v) is 9.84. The average Bonchev–Trinajstić information content (AvgIpc) is 2.54. The number of hydrogen-bond donors (Lipinski definition) is 2. The molecule has 0 aromatic heterocycles. The van der Waals surface area contributed by atoms with E-state index in [0.29, 0.717) is 11.3 Å². The maximum atomic E-state index is 12.4. The van der Waals surface area contributed by atoms with Crippen LogP contribution in [-0.4, -0.2) is 55.7 Å². The Hall–Kier alpha value is -2.13. The standard InChI is InChI=1S/C17H26N2O6S/c1-5-19(6-2)26(23,24)12-15(20)18-17(3,11-16(21)22)13-8-7-9-14(10-13)25-4/h7-10H,5-6,11-12H2,1-4H3,(H,18,20)(H,21,22). The summed E-state index contributed by atoms with van der Waals surface area (Å²) in [5.41, 5.74) is -0.774. The summed E-state index contributed by atoms with van der Waals surface area (Å²) >= 11 is 0. The number of carbonyl (C=O) groups is 2. The largest absolute Gasteiger partial charge is 0.497 e. The maximum absolute atomic E-state index is 12.4. The second-order valence-corrected chi connectivity index (χ2v) is 7.99. The van der Waals surface area contributed by atoms with Crippen molar-refractivity contribution >= 4 is 21.9 Å². The third-order valence-electron chi connectivity index (χ3n) is 4.04. The molecule has 1 unspecified atom stereocenters. The summed E-state index contributed by atoms with van der Waals surface area (Å²) < 4.78 is 30.9. The molecule has 0 heterocycles. The monoisotopic (exact) mass is 386 g/mol. The zero-order chi connectivity index (χ0) is 20.0. The first-order chi connectivity index (χ1) is 12.1. The van der Waals surface area contributed by atoms with Crippen molar-refractivity contribution in [1.82, 2.24) is 9.62 Å². The lowest BCUT2D eigenvalue weighted by Crippen LogP contribution is -2.48. The number of amides is 1. The van der Waals surface area contributed by atoms with Crippen molar-refractivity contribution in [3.8, 4) is 5.75 Å². The van der Waals surface area contributed by atoms with Gasteiger partial charge in [-0.25, -0.2) is 12.7 Å². The predicted molar refractivity (Wildman–Crippen MR) is 97.4 cm³/mol. The quantitative estimate of drug-likeness (QED) is 0.624. The molecule has 1 aromatic carbocycles. The number of benzene rings is 1. The van der Waals surface area contributed by atoms with Gasteiger partial charge >= 0.3 is 5.97 Å². The molecule has 0 saturated carbocycles. The zero-order valence-electron chi connectivity index (χ0n) is 15.5. The molecule has 8 nitrogen and oxygen atoms in total. The normalized spacial score (nSPS) is 13.9. The van der Waals surface area contributed by atoms with Crippen molar-refractivity contribution in [2.45, 2.75) is 32.7 Å². The Labute approximate surface area is 154 Å². The number of nitrogens with one attached hydrogen (secondary N) is 1. The van der Waals surface area contributed by atoms with Gasteiger partial charge in [0.15, 0.2) is 0 Å². The van der Waals surface area contributed by atoms with Gasteiger partial charge in [-0.15, -0.1) is 0 Å². The van der Waals surface area contributed by atoms with E-state index in [1.54, 1.807) is 38.1 Å². The van der Waals surface area contributed by atoms with Crippen LogP contribution in [0.4, 0.5) is 0 Å². The van der Waals surface area contributed by atoms with Gasteiger partial charge in [-0.2, -0.15) is 0 Å². The molecule has 1 rings (SSSR count). The van der Waals surface area contributed by atoms with Crippen molar-refractivity contribution in [3.05, 3.63) is 29.8 Å². The van der Waals surface area contributed by atoms with E-state index in [2.05, 4.69) is 5.32 Å². The molecule has 0 aliphatic carbocycles. The highest BCUT2D eigenvalue weighted by Crippen LogP contribution is 2.28. The highest BCUT2D eigenvalue weighted by Gasteiger charge is 2.34. The van der Waals surface area contributed by atoms with Crippen LogP contribution >= 0.6 is 0 Å². The van der Waals surface area contributed by atoms with Gasteiger partial charge in [0.25, 0.3) is 0 Å². The molecule has 0 fully saturated rings. The third-order valence-corrected chi connectivity index (χ3v) is 5.97. The molecule has 0 saturated heterocycles. The van der Waals surface area contributed by atoms with E-state index in [9.17, 15) is 23.1 Å². The Balaban J connectivity index is 3.10. The summed E-state index contributed by atoms with van der Waals surface area (Å²) in [6.07, 6.45) is -0.406. The van der Waals surface area contributed by atoms with E-state index in [0.717, 1.165) is 0 Å². The number of aliphatic carboxylic acids is 1. The summed E-state index contributed by atoms with van der Waals surface area (Å²) in [4.78, 5) is 23.7. The number of hydrogen-bond acceptors (Lipinski definition) is 5. The molecular formula is C17H26N2O6S. The summed E-state index contributed by atoms with van der Waals surface area (Å²) in [5.74, 6) is -2.12. The summed E-state index contributed by atoms with van der Waals surface area (Å²) in [7, 11) is -2.29. The first kappa shape index (κ1) is 21.9. The van der Waals surface area contributed by atoms with Crippen LogP contribution in [0.2, 0.25) is 0 Å². The van der Waals surface area contributed by atoms with Crippen molar-refractivity contribution in [1.29, 1.82) is 0 Å². The van der Waals surface area contributed by atoms with Crippen LogP contribution in [-0.2, 0) is 25.2 Å². The lowest BCUT2D eigenvalue weighted by atomic mass is 9.88. The minimum absolute atomic E-state index is 0.258. The van der Waals surface area contributed by atoms with Crippen LogP contribution in [0.15, 0.2) is 24.3 Å². The Morgan fingerprint density at radius 2 is 1.88 bits per heavy atom. The number of ether oxygens (including phenoxy) is 1. The first-order valence-electron chi connectivity index (χ1n) is 8.23. The number of carboxylic acids is 1. The Bertz CT molecular complexity index is 745. The smallest absolute Gasteiger partial charge is 0.306 e. The van der Waals surface area contributed by atoms with Crippen LogP contribution in [0.25, 0.3) is 0 Å². The van der Waals surface area contributed by atoms with Gasteiger partial charge in [-0.3, -0.25) is 9.59 Å². The molecule has 0 aliphatic rings. The number of carboxylic acid groups (broad SMARTS) is 1. The molecule has 0 spiro atoms. The Morgan fingerprint density at radius 3 is 2.38 bits per heavy atom. The van der Waals surface area contributed by atoms with E-state index in [1.165, 1.54) is 18.3 Å². The molecule has 0 radical (unpaired) electrons. The second kappa shape index (κ2) is 9.00. The van der Waals surface area contributed by atoms with Crippen molar-refractivity contribution < 1.29 is 27.9 Å². The summed E-state index contributed by atoms with van der Waals surface area (Å²) in [5, 5.41) is 11.8. The van der Waals surface area contributed by atoms with Gasteiger partial charge in [-0.1, -0.05) is 26.0 Å². The van der Waals surface area contributed by atoms with E-state index in [4.69, 9.17) is 4.74 Å². The lowest BCUT2D eigenvalue weighted by molar-refractivity contribution is -0.139. The van der Waals surface area contributed by atoms with Crippen molar-refractivity contribution in [3.63, 3.8) is 0 Å². The van der Waals surface area contributed by atoms with Crippen LogP contribution in [0.1, 0.15) is 32.8 Å². The summed E-state index contributed by atoms with van der Waals surface area (Å²) in [6.45, 7) is 5.42. The van der Waals surface area contributed by atoms with Gasteiger partial charge in [-0.05, 0) is 24.6 Å². The molecule has 9 heteroatoms. The molecule has 1 amide bonds. The molecule has 0 aliphatic heterocycles. The van der Waals surface area contributed by atoms with Crippen LogP contribution in [0, 0.1) is 0 Å². The lowest BCUT2D eigenvalue weighted by Gasteiger charge is -2.30. The fourth-order valence-electron chi connectivity index (χ4n) is 2.70. The van der Waals surface area contributed by atoms with E-state index in [-0.39, 0.29) is 13.1 Å². The molecule has 26 heavy (non-hydrogen) atoms. The highest BCUT2D eigenvalue weighted by atomic mass is 32.2. The molecular weight excluding hydrogens is 360 g/mol. The van der Waals surface area contributed by atoms with Crippen molar-refractivity contribution in [2.75, 3.05) is 26.0 Å². The van der Waals surface area contributed by atoms with Gasteiger partial charge in [0.1, 0.15) is 11.5 Å². The molecule has 146 valence electrons.